The number of nitrogens with one attached hydrogen (secondary N) is 2. The molecule has 0 unspecified atom stereocenters. The first-order chi connectivity index (χ1) is 13.3. The first-order valence-corrected chi connectivity index (χ1v) is 9.71. The molecular weight excluding hydrogens is 382 g/mol. The summed E-state index contributed by atoms with van der Waals surface area (Å²) in [6.45, 7) is 2.47. The van der Waals surface area contributed by atoms with Gasteiger partial charge in [-0.15, -0.1) is 0 Å². The van der Waals surface area contributed by atoms with Gasteiger partial charge in [0.05, 0.1) is 9.82 Å². The summed E-state index contributed by atoms with van der Waals surface area (Å²) in [6.07, 6.45) is 1.41. The molecule has 2 N–H and O–H groups in total. The molecule has 0 aliphatic rings. The zero-order valence-corrected chi connectivity index (χ0v) is 15.7. The topological polar surface area (TPSA) is 127 Å². The Morgan fingerprint density at radius 2 is 1.86 bits per heavy atom. The maximum Gasteiger partial charge on any atom is 0.270 e. The average Bonchev–Trinajstić information content (AvgIpc) is 2.67. The molecule has 3 rings (SSSR count). The Kier molecular flexibility index (Phi) is 5.50. The van der Waals surface area contributed by atoms with Gasteiger partial charge in [-0.2, -0.15) is 4.98 Å². The Morgan fingerprint density at radius 3 is 2.57 bits per heavy atom. The van der Waals surface area contributed by atoms with Crippen molar-refractivity contribution in [2.24, 2.45) is 0 Å². The number of hydrogen-bond donors (Lipinski definition) is 2. The van der Waals surface area contributed by atoms with Crippen molar-refractivity contribution < 1.29 is 13.3 Å². The monoisotopic (exact) mass is 399 g/mol. The Labute approximate surface area is 161 Å². The number of nitro benzene ring substituents is 1. The molecule has 144 valence electrons. The van der Waals surface area contributed by atoms with E-state index in [0.717, 1.165) is 17.2 Å². The largest absolute Gasteiger partial charge is 0.350 e. The predicted molar refractivity (Wildman–Crippen MR) is 104 cm³/mol. The molecule has 0 saturated carbocycles. The van der Waals surface area contributed by atoms with Crippen molar-refractivity contribution in [1.82, 2.24) is 9.97 Å². The van der Waals surface area contributed by atoms with Gasteiger partial charge in [0.1, 0.15) is 5.82 Å². The zero-order valence-electron chi connectivity index (χ0n) is 14.9. The van der Waals surface area contributed by atoms with Gasteiger partial charge in [-0.05, 0) is 24.6 Å². The molecule has 0 aliphatic heterocycles. The van der Waals surface area contributed by atoms with Crippen molar-refractivity contribution in [2.45, 2.75) is 18.4 Å². The van der Waals surface area contributed by atoms with E-state index in [1.165, 1.54) is 30.5 Å². The van der Waals surface area contributed by atoms with Crippen LogP contribution in [0, 0.1) is 17.0 Å². The third-order valence-corrected chi connectivity index (χ3v) is 5.16. The van der Waals surface area contributed by atoms with Gasteiger partial charge in [-0.3, -0.25) is 14.8 Å². The van der Waals surface area contributed by atoms with E-state index in [9.17, 15) is 18.5 Å². The van der Waals surface area contributed by atoms with Crippen LogP contribution in [0.5, 0.6) is 0 Å². The number of aryl methyl sites for hydroxylation is 1. The van der Waals surface area contributed by atoms with Crippen molar-refractivity contribution in [3.05, 3.63) is 82.0 Å². The number of non-ortho nitro benzene ring substituents is 1. The van der Waals surface area contributed by atoms with E-state index in [1.54, 1.807) is 0 Å². The molecule has 0 fully saturated rings. The lowest BCUT2D eigenvalue weighted by molar-refractivity contribution is -0.385. The van der Waals surface area contributed by atoms with Crippen LogP contribution in [0.3, 0.4) is 0 Å². The van der Waals surface area contributed by atoms with Crippen LogP contribution in [-0.2, 0) is 16.6 Å². The van der Waals surface area contributed by atoms with Crippen LogP contribution in [-0.4, -0.2) is 23.3 Å². The highest BCUT2D eigenvalue weighted by atomic mass is 32.2. The van der Waals surface area contributed by atoms with Crippen LogP contribution in [0.2, 0.25) is 0 Å². The molecule has 9 nitrogen and oxygen atoms in total. The van der Waals surface area contributed by atoms with Gasteiger partial charge in [0.25, 0.3) is 15.7 Å². The van der Waals surface area contributed by atoms with Gasteiger partial charge in [-0.1, -0.05) is 35.9 Å². The third-order valence-electron chi connectivity index (χ3n) is 3.80. The minimum absolute atomic E-state index is 0.0490. The molecule has 0 amide bonds. The average molecular weight is 399 g/mol. The molecule has 1 heterocycles. The van der Waals surface area contributed by atoms with E-state index in [-0.39, 0.29) is 22.3 Å². The second kappa shape index (κ2) is 8.01. The summed E-state index contributed by atoms with van der Waals surface area (Å²) in [5.74, 6) is 0.299. The van der Waals surface area contributed by atoms with E-state index in [0.29, 0.717) is 6.54 Å². The highest BCUT2D eigenvalue weighted by molar-refractivity contribution is 7.92. The molecular formula is C18H17N5O4S. The van der Waals surface area contributed by atoms with Gasteiger partial charge in [0.15, 0.2) is 0 Å². The Morgan fingerprint density at radius 1 is 1.11 bits per heavy atom. The molecule has 0 saturated heterocycles. The molecule has 0 bridgehead atoms. The summed E-state index contributed by atoms with van der Waals surface area (Å²) >= 11 is 0. The lowest BCUT2D eigenvalue weighted by Gasteiger charge is -2.09. The number of aromatic nitrogens is 2. The SMILES string of the molecule is Cc1ccc(CNc2nccc(NS(=O)(=O)c3cccc([N+](=O)[O-])c3)n2)cc1. The molecule has 1 aromatic heterocycles. The third kappa shape index (κ3) is 4.80. The van der Waals surface area contributed by atoms with Crippen molar-refractivity contribution in [1.29, 1.82) is 0 Å². The lowest BCUT2D eigenvalue weighted by Crippen LogP contribution is -2.15. The van der Waals surface area contributed by atoms with E-state index < -0.39 is 14.9 Å². The minimum atomic E-state index is -4.03. The Bertz CT molecular complexity index is 1100. The van der Waals surface area contributed by atoms with E-state index in [4.69, 9.17) is 0 Å². The summed E-state index contributed by atoms with van der Waals surface area (Å²) < 4.78 is 27.3. The number of sulfonamides is 1. The summed E-state index contributed by atoms with van der Waals surface area (Å²) in [7, 11) is -4.03. The second-order valence-corrected chi connectivity index (χ2v) is 7.65. The van der Waals surface area contributed by atoms with Crippen molar-refractivity contribution in [3.63, 3.8) is 0 Å². The fourth-order valence-electron chi connectivity index (χ4n) is 2.35. The van der Waals surface area contributed by atoms with Crippen molar-refractivity contribution in [2.75, 3.05) is 10.0 Å². The number of rotatable bonds is 7. The molecule has 3 aromatic rings. The second-order valence-electron chi connectivity index (χ2n) is 5.96. The zero-order chi connectivity index (χ0) is 20.1. The van der Waals surface area contributed by atoms with Crippen LogP contribution in [0.4, 0.5) is 17.5 Å². The Hall–Kier alpha value is -3.53. The number of anilines is 2. The van der Waals surface area contributed by atoms with Gasteiger partial charge < -0.3 is 5.32 Å². The molecule has 2 aromatic carbocycles. The van der Waals surface area contributed by atoms with Gasteiger partial charge in [-0.25, -0.2) is 13.4 Å². The lowest BCUT2D eigenvalue weighted by atomic mass is 10.1. The van der Waals surface area contributed by atoms with Crippen LogP contribution in [0.15, 0.2) is 65.7 Å². The van der Waals surface area contributed by atoms with Crippen LogP contribution >= 0.6 is 0 Å². The summed E-state index contributed by atoms with van der Waals surface area (Å²) in [5.41, 5.74) is 1.86. The van der Waals surface area contributed by atoms with E-state index in [1.807, 2.05) is 31.2 Å². The van der Waals surface area contributed by atoms with Crippen LogP contribution < -0.4 is 10.0 Å². The standard InChI is InChI=1S/C18H17N5O4S/c1-13-5-7-14(8-6-13)12-20-18-19-10-9-17(21-18)22-28(26,27)16-4-2-3-15(11-16)23(24)25/h2-11H,12H2,1H3,(H2,19,20,21,22). The summed E-state index contributed by atoms with van der Waals surface area (Å²) in [4.78, 5) is 18.2. The van der Waals surface area contributed by atoms with Crippen LogP contribution in [0.1, 0.15) is 11.1 Å². The maximum absolute atomic E-state index is 12.5. The van der Waals surface area contributed by atoms with Gasteiger partial charge >= 0.3 is 0 Å². The smallest absolute Gasteiger partial charge is 0.270 e. The summed E-state index contributed by atoms with van der Waals surface area (Å²) in [6, 6.07) is 14.1. The maximum atomic E-state index is 12.5. The molecule has 0 radical (unpaired) electrons. The summed E-state index contributed by atoms with van der Waals surface area (Å²) in [5, 5.41) is 13.9. The molecule has 0 spiro atoms. The van der Waals surface area contributed by atoms with Gasteiger partial charge in [0.2, 0.25) is 5.95 Å². The van der Waals surface area contributed by atoms with E-state index >= 15 is 0 Å². The van der Waals surface area contributed by atoms with Crippen LogP contribution in [0.25, 0.3) is 0 Å². The Balaban J connectivity index is 1.73. The fraction of sp³-hybridized carbons (Fsp3) is 0.111. The number of nitrogens with zero attached hydrogens (tertiary/aromatic N) is 3. The predicted octanol–water partition coefficient (Wildman–Crippen LogP) is 3.11. The molecule has 0 aliphatic carbocycles. The van der Waals surface area contributed by atoms with Crippen molar-refractivity contribution in [3.8, 4) is 0 Å². The minimum Gasteiger partial charge on any atom is -0.350 e. The number of hydrogen-bond acceptors (Lipinski definition) is 7. The highest BCUT2D eigenvalue weighted by Gasteiger charge is 2.18. The first-order valence-electron chi connectivity index (χ1n) is 8.23. The highest BCUT2D eigenvalue weighted by Crippen LogP contribution is 2.20. The molecule has 28 heavy (non-hydrogen) atoms. The molecule has 10 heteroatoms. The normalized spacial score (nSPS) is 11.0. The quantitative estimate of drug-likeness (QED) is 0.461. The van der Waals surface area contributed by atoms with Crippen molar-refractivity contribution >= 4 is 27.5 Å². The fourth-order valence-corrected chi connectivity index (χ4v) is 3.39. The molecule has 0 atom stereocenters. The number of nitro groups is 1. The van der Waals surface area contributed by atoms with E-state index in [2.05, 4.69) is 20.0 Å². The number of benzene rings is 2. The van der Waals surface area contributed by atoms with Gasteiger partial charge in [0, 0.05) is 24.9 Å². The first kappa shape index (κ1) is 19.2.